The number of aromatic nitrogens is 3. The molecule has 0 radical (unpaired) electrons. The zero-order chi connectivity index (χ0) is 12.4. The van der Waals surface area contributed by atoms with Gasteiger partial charge in [-0.2, -0.15) is 5.10 Å². The van der Waals surface area contributed by atoms with Gasteiger partial charge in [0.2, 0.25) is 0 Å². The van der Waals surface area contributed by atoms with Crippen LogP contribution in [-0.2, 0) is 6.42 Å². The van der Waals surface area contributed by atoms with Crippen LogP contribution < -0.4 is 0 Å². The van der Waals surface area contributed by atoms with Crippen LogP contribution in [0.25, 0.3) is 5.69 Å². The maximum Gasteiger partial charge on any atom is 0.199 e. The molecule has 3 nitrogen and oxygen atoms in total. The predicted octanol–water partition coefficient (Wildman–Crippen LogP) is 3.80. The summed E-state index contributed by atoms with van der Waals surface area (Å²) in [6.45, 7) is 4.24. The van der Waals surface area contributed by atoms with Crippen molar-refractivity contribution in [2.75, 3.05) is 0 Å². The predicted molar refractivity (Wildman–Crippen MR) is 80.2 cm³/mol. The molecule has 0 aliphatic rings. The molecule has 0 atom stereocenters. The van der Waals surface area contributed by atoms with Crippen LogP contribution in [0.2, 0.25) is 0 Å². The van der Waals surface area contributed by atoms with Crippen LogP contribution in [-0.4, -0.2) is 14.8 Å². The van der Waals surface area contributed by atoms with Gasteiger partial charge in [-0.25, -0.2) is 0 Å². The first-order chi connectivity index (χ1) is 8.13. The van der Waals surface area contributed by atoms with Crippen molar-refractivity contribution in [1.82, 2.24) is 14.8 Å². The van der Waals surface area contributed by atoms with Crippen LogP contribution >= 0.6 is 34.8 Å². The minimum Gasteiger partial charge on any atom is -0.272 e. The van der Waals surface area contributed by atoms with Crippen molar-refractivity contribution in [3.05, 3.63) is 37.9 Å². The fraction of sp³-hybridized carbons (Fsp3) is 0.333. The number of benzene rings is 1. The van der Waals surface area contributed by atoms with E-state index >= 15 is 0 Å². The van der Waals surface area contributed by atoms with E-state index in [1.807, 2.05) is 4.57 Å². The van der Waals surface area contributed by atoms with E-state index in [0.717, 1.165) is 24.4 Å². The average Bonchev–Trinajstić information content (AvgIpc) is 2.65. The first kappa shape index (κ1) is 12.8. The first-order valence-electron chi connectivity index (χ1n) is 5.56. The van der Waals surface area contributed by atoms with E-state index < -0.39 is 0 Å². The van der Waals surface area contributed by atoms with Crippen LogP contribution in [0.3, 0.4) is 0 Å². The maximum atomic E-state index is 5.29. The molecule has 0 amide bonds. The molecule has 0 aliphatic heterocycles. The van der Waals surface area contributed by atoms with Crippen molar-refractivity contribution < 1.29 is 0 Å². The number of hydrogen-bond donors (Lipinski definition) is 1. The van der Waals surface area contributed by atoms with Gasteiger partial charge in [-0.1, -0.05) is 13.0 Å². The fourth-order valence-electron chi connectivity index (χ4n) is 1.71. The Bertz CT molecular complexity index is 586. The van der Waals surface area contributed by atoms with Crippen molar-refractivity contribution >= 4 is 34.8 Å². The quantitative estimate of drug-likeness (QED) is 0.668. The summed E-state index contributed by atoms with van der Waals surface area (Å²) in [6, 6.07) is 6.34. The van der Waals surface area contributed by atoms with E-state index in [4.69, 9.17) is 12.2 Å². The zero-order valence-electron chi connectivity index (χ0n) is 9.83. The minimum atomic E-state index is 0.660. The second kappa shape index (κ2) is 5.30. The molecule has 0 spiro atoms. The molecule has 1 aromatic heterocycles. The number of nitrogens with zero attached hydrogens (tertiary/aromatic N) is 2. The summed E-state index contributed by atoms with van der Waals surface area (Å²) in [5.74, 6) is 0.997. The van der Waals surface area contributed by atoms with Crippen LogP contribution in [0.4, 0.5) is 0 Å². The number of aromatic amines is 1. The van der Waals surface area contributed by atoms with E-state index in [9.17, 15) is 0 Å². The molecular formula is C12H14IN3S. The SMILES string of the molecule is CCCc1n[nH]c(=S)n1-c1ccc(C)c(I)c1. The third kappa shape index (κ3) is 2.60. The van der Waals surface area contributed by atoms with E-state index in [0.29, 0.717) is 4.77 Å². The van der Waals surface area contributed by atoms with Gasteiger partial charge >= 0.3 is 0 Å². The molecule has 0 saturated carbocycles. The van der Waals surface area contributed by atoms with Gasteiger partial charge in [-0.05, 0) is 65.8 Å². The summed E-state index contributed by atoms with van der Waals surface area (Å²) < 4.78 is 3.92. The summed E-state index contributed by atoms with van der Waals surface area (Å²) in [7, 11) is 0. The lowest BCUT2D eigenvalue weighted by atomic mass is 10.2. The standard InChI is InChI=1S/C12H14IN3S/c1-3-4-11-14-15-12(17)16(11)9-6-5-8(2)10(13)7-9/h5-7H,3-4H2,1-2H3,(H,15,17). The Balaban J connectivity index is 2.55. The average molecular weight is 359 g/mol. The van der Waals surface area contributed by atoms with Crippen molar-refractivity contribution in [1.29, 1.82) is 0 Å². The Morgan fingerprint density at radius 3 is 2.88 bits per heavy atom. The van der Waals surface area contributed by atoms with Crippen molar-refractivity contribution in [2.24, 2.45) is 0 Å². The summed E-state index contributed by atoms with van der Waals surface area (Å²) >= 11 is 7.63. The summed E-state index contributed by atoms with van der Waals surface area (Å²) in [4.78, 5) is 0. The van der Waals surface area contributed by atoms with E-state index in [1.54, 1.807) is 0 Å². The number of rotatable bonds is 3. The monoisotopic (exact) mass is 359 g/mol. The molecule has 0 fully saturated rings. The molecule has 17 heavy (non-hydrogen) atoms. The second-order valence-corrected chi connectivity index (χ2v) is 5.51. The third-order valence-electron chi connectivity index (χ3n) is 2.63. The van der Waals surface area contributed by atoms with E-state index in [1.165, 1.54) is 9.13 Å². The Morgan fingerprint density at radius 1 is 1.47 bits per heavy atom. The summed E-state index contributed by atoms with van der Waals surface area (Å²) in [5, 5.41) is 7.15. The zero-order valence-corrected chi connectivity index (χ0v) is 12.8. The van der Waals surface area contributed by atoms with Gasteiger partial charge in [0.15, 0.2) is 4.77 Å². The van der Waals surface area contributed by atoms with Gasteiger partial charge in [0.1, 0.15) is 5.82 Å². The Morgan fingerprint density at radius 2 is 2.24 bits per heavy atom. The van der Waals surface area contributed by atoms with Crippen LogP contribution in [0.1, 0.15) is 24.7 Å². The fourth-order valence-corrected chi connectivity index (χ4v) is 2.46. The molecule has 0 bridgehead atoms. The van der Waals surface area contributed by atoms with E-state index in [-0.39, 0.29) is 0 Å². The number of hydrogen-bond acceptors (Lipinski definition) is 2. The molecule has 0 aliphatic carbocycles. The first-order valence-corrected chi connectivity index (χ1v) is 7.05. The normalized spacial score (nSPS) is 10.8. The number of nitrogens with one attached hydrogen (secondary N) is 1. The molecule has 0 saturated heterocycles. The van der Waals surface area contributed by atoms with Crippen LogP contribution in [0.15, 0.2) is 18.2 Å². The van der Waals surface area contributed by atoms with Crippen LogP contribution in [0, 0.1) is 15.3 Å². The molecule has 0 unspecified atom stereocenters. The Hall–Kier alpha value is -0.690. The molecule has 1 N–H and O–H groups in total. The lowest BCUT2D eigenvalue weighted by molar-refractivity contribution is 0.801. The number of aryl methyl sites for hydroxylation is 2. The summed E-state index contributed by atoms with van der Waals surface area (Å²) in [6.07, 6.45) is 1.99. The molecular weight excluding hydrogens is 345 g/mol. The molecule has 2 aromatic rings. The van der Waals surface area contributed by atoms with Gasteiger partial charge in [0.25, 0.3) is 0 Å². The molecule has 90 valence electrons. The topological polar surface area (TPSA) is 33.6 Å². The largest absolute Gasteiger partial charge is 0.272 e. The highest BCUT2D eigenvalue weighted by Gasteiger charge is 2.08. The smallest absolute Gasteiger partial charge is 0.199 e. The lowest BCUT2D eigenvalue weighted by Crippen LogP contribution is -2.02. The highest BCUT2D eigenvalue weighted by Crippen LogP contribution is 2.18. The Kier molecular flexibility index (Phi) is 3.98. The van der Waals surface area contributed by atoms with E-state index in [2.05, 4.69) is 64.8 Å². The van der Waals surface area contributed by atoms with Crippen molar-refractivity contribution in [3.8, 4) is 5.69 Å². The van der Waals surface area contributed by atoms with Crippen molar-refractivity contribution in [3.63, 3.8) is 0 Å². The second-order valence-electron chi connectivity index (χ2n) is 3.96. The van der Waals surface area contributed by atoms with Gasteiger partial charge in [0.05, 0.1) is 5.69 Å². The minimum absolute atomic E-state index is 0.660. The lowest BCUT2D eigenvalue weighted by Gasteiger charge is -2.07. The highest BCUT2D eigenvalue weighted by molar-refractivity contribution is 14.1. The maximum absolute atomic E-state index is 5.29. The Labute approximate surface area is 119 Å². The van der Waals surface area contributed by atoms with Gasteiger partial charge in [0, 0.05) is 9.99 Å². The van der Waals surface area contributed by atoms with Gasteiger partial charge in [-0.3, -0.25) is 9.67 Å². The molecule has 1 heterocycles. The number of halogens is 1. The third-order valence-corrected chi connectivity index (χ3v) is 4.07. The van der Waals surface area contributed by atoms with Gasteiger partial charge < -0.3 is 0 Å². The van der Waals surface area contributed by atoms with Gasteiger partial charge in [-0.15, -0.1) is 0 Å². The van der Waals surface area contributed by atoms with Crippen molar-refractivity contribution in [2.45, 2.75) is 26.7 Å². The molecule has 5 heteroatoms. The highest BCUT2D eigenvalue weighted by atomic mass is 127. The van der Waals surface area contributed by atoms with Crippen LogP contribution in [0.5, 0.6) is 0 Å². The molecule has 1 aromatic carbocycles. The summed E-state index contributed by atoms with van der Waals surface area (Å²) in [5.41, 5.74) is 2.36. The molecule has 2 rings (SSSR count). The number of H-pyrrole nitrogens is 1.